The zero-order valence-corrected chi connectivity index (χ0v) is 9.81. The number of aliphatic hydroxyl groups is 1. The van der Waals surface area contributed by atoms with Crippen LogP contribution in [0.2, 0.25) is 0 Å². The molecule has 0 aromatic rings. The molecular weight excluding hydrogens is 208 g/mol. The third-order valence-corrected chi connectivity index (χ3v) is 3.36. The minimum absolute atomic E-state index is 0.122. The van der Waals surface area contributed by atoms with Crippen LogP contribution < -0.4 is 0 Å². The van der Waals surface area contributed by atoms with Crippen LogP contribution in [-0.4, -0.2) is 66.4 Å². The first-order chi connectivity index (χ1) is 7.65. The second-order valence-corrected chi connectivity index (χ2v) is 4.89. The van der Waals surface area contributed by atoms with Gasteiger partial charge in [-0.15, -0.1) is 0 Å². The average Bonchev–Trinajstić information content (AvgIpc) is 2.51. The fourth-order valence-corrected chi connectivity index (χ4v) is 2.66. The lowest BCUT2D eigenvalue weighted by molar-refractivity contribution is -0.000665. The third-order valence-electron chi connectivity index (χ3n) is 3.36. The predicted molar refractivity (Wildman–Crippen MR) is 59.2 cm³/mol. The fourth-order valence-electron chi connectivity index (χ4n) is 2.66. The zero-order chi connectivity index (χ0) is 11.6. The van der Waals surface area contributed by atoms with Crippen molar-refractivity contribution in [1.82, 2.24) is 9.80 Å². The van der Waals surface area contributed by atoms with Crippen LogP contribution in [0.5, 0.6) is 0 Å². The number of piperidine rings is 1. The van der Waals surface area contributed by atoms with E-state index in [0.29, 0.717) is 19.5 Å². The van der Waals surface area contributed by atoms with Gasteiger partial charge < -0.3 is 19.6 Å². The summed E-state index contributed by atoms with van der Waals surface area (Å²) in [6.07, 6.45) is 2.45. The number of hydrogen-bond donors (Lipinski definition) is 1. The maximum atomic E-state index is 11.7. The highest BCUT2D eigenvalue weighted by atomic mass is 16.6. The van der Waals surface area contributed by atoms with Gasteiger partial charge in [0.25, 0.3) is 0 Å². The van der Waals surface area contributed by atoms with Crippen molar-refractivity contribution in [3.05, 3.63) is 0 Å². The smallest absolute Gasteiger partial charge is 0.410 e. The number of aliphatic hydroxyl groups excluding tert-OH is 1. The molecule has 1 N–H and O–H groups in total. The summed E-state index contributed by atoms with van der Waals surface area (Å²) < 4.78 is 5.53. The molecule has 1 amide bonds. The van der Waals surface area contributed by atoms with Crippen molar-refractivity contribution in [2.24, 2.45) is 0 Å². The van der Waals surface area contributed by atoms with Gasteiger partial charge in [-0.05, 0) is 32.9 Å². The van der Waals surface area contributed by atoms with Gasteiger partial charge in [-0.25, -0.2) is 4.79 Å². The van der Waals surface area contributed by atoms with E-state index >= 15 is 0 Å². The first-order valence-electron chi connectivity index (χ1n) is 5.92. The Morgan fingerprint density at radius 1 is 1.50 bits per heavy atom. The first kappa shape index (κ1) is 11.7. The Bertz CT molecular complexity index is 272. The van der Waals surface area contributed by atoms with Crippen LogP contribution in [0, 0.1) is 0 Å². The Balaban J connectivity index is 1.96. The molecule has 16 heavy (non-hydrogen) atoms. The van der Waals surface area contributed by atoms with E-state index in [9.17, 15) is 4.79 Å². The molecule has 0 radical (unpaired) electrons. The lowest BCUT2D eigenvalue weighted by Gasteiger charge is -2.36. The molecule has 2 aliphatic heterocycles. The summed E-state index contributed by atoms with van der Waals surface area (Å²) in [7, 11) is 2.06. The van der Waals surface area contributed by atoms with E-state index in [1.165, 1.54) is 0 Å². The molecule has 0 aliphatic carbocycles. The molecule has 2 aliphatic rings. The van der Waals surface area contributed by atoms with Gasteiger partial charge >= 0.3 is 6.09 Å². The fraction of sp³-hybridized carbons (Fsp3) is 0.909. The summed E-state index contributed by atoms with van der Waals surface area (Å²) >= 11 is 0. The largest absolute Gasteiger partial charge is 0.440 e. The molecular formula is C11H20N2O3. The molecule has 5 nitrogen and oxygen atoms in total. The van der Waals surface area contributed by atoms with Crippen LogP contribution in [0.15, 0.2) is 0 Å². The second-order valence-electron chi connectivity index (χ2n) is 4.89. The topological polar surface area (TPSA) is 53.0 Å². The Hall–Kier alpha value is -0.810. The van der Waals surface area contributed by atoms with E-state index in [1.54, 1.807) is 4.90 Å². The molecule has 1 spiro atoms. The van der Waals surface area contributed by atoms with Crippen LogP contribution in [0.3, 0.4) is 0 Å². The SMILES string of the molecule is CN1CCCC2(C1)CN(CCCO)C(=O)O2. The average molecular weight is 228 g/mol. The van der Waals surface area contributed by atoms with Gasteiger partial charge in [0.15, 0.2) is 0 Å². The minimum atomic E-state index is -0.292. The van der Waals surface area contributed by atoms with E-state index in [4.69, 9.17) is 9.84 Å². The molecule has 0 aromatic carbocycles. The van der Waals surface area contributed by atoms with Crippen molar-refractivity contribution in [3.63, 3.8) is 0 Å². The van der Waals surface area contributed by atoms with Crippen molar-refractivity contribution in [2.45, 2.75) is 24.9 Å². The summed E-state index contributed by atoms with van der Waals surface area (Å²) in [6, 6.07) is 0. The number of hydrogen-bond acceptors (Lipinski definition) is 4. The maximum absolute atomic E-state index is 11.7. The number of likely N-dealkylation sites (tertiary alicyclic amines) is 1. The number of likely N-dealkylation sites (N-methyl/N-ethyl adjacent to an activating group) is 1. The van der Waals surface area contributed by atoms with Gasteiger partial charge in [-0.1, -0.05) is 0 Å². The first-order valence-corrected chi connectivity index (χ1v) is 5.92. The van der Waals surface area contributed by atoms with E-state index < -0.39 is 0 Å². The monoisotopic (exact) mass is 228 g/mol. The number of carbonyl (C=O) groups is 1. The van der Waals surface area contributed by atoms with Gasteiger partial charge in [-0.2, -0.15) is 0 Å². The number of amides is 1. The number of ether oxygens (including phenoxy) is 1. The molecule has 2 rings (SSSR count). The van der Waals surface area contributed by atoms with Crippen molar-refractivity contribution in [3.8, 4) is 0 Å². The van der Waals surface area contributed by atoms with Crippen molar-refractivity contribution >= 4 is 6.09 Å². The zero-order valence-electron chi connectivity index (χ0n) is 9.81. The predicted octanol–water partition coefficient (Wildman–Crippen LogP) is 0.285. The highest BCUT2D eigenvalue weighted by Crippen LogP contribution is 2.31. The Morgan fingerprint density at radius 3 is 3.00 bits per heavy atom. The van der Waals surface area contributed by atoms with Gasteiger partial charge in [0.2, 0.25) is 0 Å². The van der Waals surface area contributed by atoms with Gasteiger partial charge in [-0.3, -0.25) is 0 Å². The number of nitrogens with zero attached hydrogens (tertiary/aromatic N) is 2. The molecule has 92 valence electrons. The molecule has 0 saturated carbocycles. The Labute approximate surface area is 96.0 Å². The van der Waals surface area contributed by atoms with Crippen LogP contribution in [0.25, 0.3) is 0 Å². The lowest BCUT2D eigenvalue weighted by Crippen LogP contribution is -2.49. The Kier molecular flexibility index (Phi) is 3.35. The standard InChI is InChI=1S/C11H20N2O3/c1-12-5-2-4-11(8-12)9-13(6-3-7-14)10(15)16-11/h14H,2-9H2,1H3. The van der Waals surface area contributed by atoms with Crippen LogP contribution in [0.1, 0.15) is 19.3 Å². The molecule has 2 fully saturated rings. The molecule has 2 heterocycles. The third kappa shape index (κ3) is 2.30. The van der Waals surface area contributed by atoms with Crippen molar-refractivity contribution in [2.75, 3.05) is 39.8 Å². The van der Waals surface area contributed by atoms with E-state index in [-0.39, 0.29) is 18.3 Å². The molecule has 0 bridgehead atoms. The molecule has 2 saturated heterocycles. The Morgan fingerprint density at radius 2 is 2.31 bits per heavy atom. The molecule has 0 aromatic heterocycles. The molecule has 5 heteroatoms. The highest BCUT2D eigenvalue weighted by Gasteiger charge is 2.46. The molecule has 1 atom stereocenters. The minimum Gasteiger partial charge on any atom is -0.440 e. The summed E-state index contributed by atoms with van der Waals surface area (Å²) in [5.74, 6) is 0. The van der Waals surface area contributed by atoms with Gasteiger partial charge in [0.05, 0.1) is 6.54 Å². The molecule has 1 unspecified atom stereocenters. The summed E-state index contributed by atoms with van der Waals surface area (Å²) in [5.41, 5.74) is -0.292. The second kappa shape index (κ2) is 4.59. The van der Waals surface area contributed by atoms with Crippen molar-refractivity contribution in [1.29, 1.82) is 0 Å². The van der Waals surface area contributed by atoms with E-state index in [0.717, 1.165) is 25.9 Å². The van der Waals surface area contributed by atoms with E-state index in [2.05, 4.69) is 11.9 Å². The van der Waals surface area contributed by atoms with Crippen LogP contribution in [-0.2, 0) is 4.74 Å². The number of rotatable bonds is 3. The normalized spacial score (nSPS) is 31.1. The van der Waals surface area contributed by atoms with Crippen LogP contribution >= 0.6 is 0 Å². The summed E-state index contributed by atoms with van der Waals surface area (Å²) in [6.45, 7) is 3.30. The van der Waals surface area contributed by atoms with Crippen molar-refractivity contribution < 1.29 is 14.6 Å². The summed E-state index contributed by atoms with van der Waals surface area (Å²) in [5, 5.41) is 8.77. The highest BCUT2D eigenvalue weighted by molar-refractivity contribution is 5.70. The van der Waals surface area contributed by atoms with Gasteiger partial charge in [0.1, 0.15) is 5.60 Å². The van der Waals surface area contributed by atoms with Gasteiger partial charge in [0, 0.05) is 19.7 Å². The number of carbonyl (C=O) groups excluding carboxylic acids is 1. The van der Waals surface area contributed by atoms with Crippen LogP contribution in [0.4, 0.5) is 4.79 Å². The quantitative estimate of drug-likeness (QED) is 0.754. The van der Waals surface area contributed by atoms with E-state index in [1.807, 2.05) is 0 Å². The lowest BCUT2D eigenvalue weighted by atomic mass is 9.93. The maximum Gasteiger partial charge on any atom is 0.410 e. The summed E-state index contributed by atoms with van der Waals surface area (Å²) in [4.78, 5) is 15.6.